The molecule has 0 saturated carbocycles. The first-order valence-corrected chi connectivity index (χ1v) is 8.05. The Morgan fingerprint density at radius 2 is 2.19 bits per heavy atom. The Kier molecular flexibility index (Phi) is 6.48. The summed E-state index contributed by atoms with van der Waals surface area (Å²) in [5.74, 6) is 0.484. The number of ether oxygens (including phenoxy) is 1. The molecule has 1 aromatic rings. The minimum Gasteiger partial charge on any atom is -0.377 e. The molecule has 21 heavy (non-hydrogen) atoms. The number of amidine groups is 1. The number of nitrogens with two attached hydrogens (primary N) is 1. The number of hydrogen-bond acceptors (Lipinski definition) is 5. The van der Waals surface area contributed by atoms with Gasteiger partial charge in [-0.05, 0) is 31.4 Å². The predicted octanol–water partition coefficient (Wildman–Crippen LogP) is 3.58. The number of thioether (sulfide) groups is 1. The van der Waals surface area contributed by atoms with Gasteiger partial charge in [0.1, 0.15) is 5.82 Å². The third kappa shape index (κ3) is 5.65. The fourth-order valence-electron chi connectivity index (χ4n) is 1.81. The van der Waals surface area contributed by atoms with Crippen molar-refractivity contribution in [2.75, 3.05) is 12.4 Å². The summed E-state index contributed by atoms with van der Waals surface area (Å²) < 4.78 is 19.0. The van der Waals surface area contributed by atoms with Crippen molar-refractivity contribution in [3.63, 3.8) is 0 Å². The summed E-state index contributed by atoms with van der Waals surface area (Å²) in [5.41, 5.74) is 7.09. The third-order valence-corrected chi connectivity index (χ3v) is 4.04. The molecule has 7 heteroatoms. The molecule has 0 fully saturated rings. The summed E-state index contributed by atoms with van der Waals surface area (Å²) in [7, 11) is 0. The highest BCUT2D eigenvalue weighted by atomic mass is 35.5. The Bertz CT molecular complexity index is 551. The lowest BCUT2D eigenvalue weighted by Crippen LogP contribution is -2.15. The number of halogens is 2. The van der Waals surface area contributed by atoms with Crippen molar-refractivity contribution in [2.24, 2.45) is 15.9 Å². The van der Waals surface area contributed by atoms with Gasteiger partial charge in [-0.1, -0.05) is 29.4 Å². The Labute approximate surface area is 132 Å². The van der Waals surface area contributed by atoms with E-state index in [1.807, 2.05) is 0 Å². The Balaban J connectivity index is 1.60. The van der Waals surface area contributed by atoms with Crippen LogP contribution in [0.2, 0.25) is 5.02 Å². The molecule has 0 aromatic heterocycles. The van der Waals surface area contributed by atoms with Crippen LogP contribution in [0.15, 0.2) is 28.4 Å². The quantitative estimate of drug-likeness (QED) is 0.778. The van der Waals surface area contributed by atoms with E-state index in [4.69, 9.17) is 22.1 Å². The van der Waals surface area contributed by atoms with E-state index >= 15 is 0 Å². The number of unbranched alkanes of at least 4 members (excludes halogenated alkanes) is 1. The first-order valence-electron chi connectivity index (χ1n) is 6.68. The van der Waals surface area contributed by atoms with Crippen LogP contribution in [0.3, 0.4) is 0 Å². The Morgan fingerprint density at radius 3 is 2.90 bits per heavy atom. The zero-order chi connectivity index (χ0) is 15.1. The monoisotopic (exact) mass is 329 g/mol. The lowest BCUT2D eigenvalue weighted by molar-refractivity contribution is 0.115. The van der Waals surface area contributed by atoms with Crippen LogP contribution < -0.4 is 5.73 Å². The van der Waals surface area contributed by atoms with E-state index in [1.54, 1.807) is 12.1 Å². The molecule has 1 heterocycles. The van der Waals surface area contributed by atoms with Gasteiger partial charge in [0.25, 0.3) is 0 Å². The van der Waals surface area contributed by atoms with Crippen LogP contribution in [0.4, 0.5) is 4.39 Å². The molecule has 2 rings (SSSR count). The van der Waals surface area contributed by atoms with Crippen LogP contribution in [0.5, 0.6) is 0 Å². The average molecular weight is 330 g/mol. The molecule has 0 amide bonds. The minimum absolute atomic E-state index is 0.265. The van der Waals surface area contributed by atoms with E-state index in [0.717, 1.165) is 30.7 Å². The lowest BCUT2D eigenvalue weighted by Gasteiger charge is -2.09. The molecule has 0 spiro atoms. The number of hydrogen-bond donors (Lipinski definition) is 1. The average Bonchev–Trinajstić information content (AvgIpc) is 2.46. The van der Waals surface area contributed by atoms with Gasteiger partial charge in [-0.2, -0.15) is 5.10 Å². The highest BCUT2D eigenvalue weighted by Crippen LogP contribution is 2.16. The molecule has 0 bridgehead atoms. The van der Waals surface area contributed by atoms with E-state index in [1.165, 1.54) is 17.8 Å². The van der Waals surface area contributed by atoms with Gasteiger partial charge in [0.2, 0.25) is 0 Å². The third-order valence-electron chi connectivity index (χ3n) is 2.95. The highest BCUT2D eigenvalue weighted by molar-refractivity contribution is 8.14. The molecule has 0 saturated heterocycles. The Morgan fingerprint density at radius 1 is 1.33 bits per heavy atom. The molecule has 1 aliphatic rings. The second-order valence-corrected chi connectivity index (χ2v) is 6.07. The van der Waals surface area contributed by atoms with Gasteiger partial charge in [-0.25, -0.2) is 4.39 Å². The summed E-state index contributed by atoms with van der Waals surface area (Å²) in [6, 6.07) is 4.61. The fourth-order valence-corrected chi connectivity index (χ4v) is 2.59. The summed E-state index contributed by atoms with van der Waals surface area (Å²) in [6.45, 7) is 0.856. The lowest BCUT2D eigenvalue weighted by atomic mass is 10.2. The molecule has 1 aliphatic heterocycles. The zero-order valence-electron chi connectivity index (χ0n) is 11.5. The largest absolute Gasteiger partial charge is 0.377 e. The molecule has 2 N–H and O–H groups in total. The molecule has 0 radical (unpaired) electrons. The van der Waals surface area contributed by atoms with Gasteiger partial charge in [0.15, 0.2) is 5.17 Å². The van der Waals surface area contributed by atoms with Crippen molar-refractivity contribution in [1.29, 1.82) is 0 Å². The molecule has 1 aromatic carbocycles. The SMILES string of the molecule is NC1=NN=C(CCCCOCc2ccc(Cl)cc2F)CS1. The van der Waals surface area contributed by atoms with Crippen LogP contribution in [0.25, 0.3) is 0 Å². The van der Waals surface area contributed by atoms with Crippen molar-refractivity contribution in [1.82, 2.24) is 0 Å². The van der Waals surface area contributed by atoms with Gasteiger partial charge in [0.05, 0.1) is 12.3 Å². The van der Waals surface area contributed by atoms with E-state index < -0.39 is 0 Å². The van der Waals surface area contributed by atoms with Crippen molar-refractivity contribution >= 4 is 34.2 Å². The highest BCUT2D eigenvalue weighted by Gasteiger charge is 2.07. The zero-order valence-corrected chi connectivity index (χ0v) is 13.1. The van der Waals surface area contributed by atoms with Gasteiger partial charge in [-0.3, -0.25) is 0 Å². The molecule has 0 unspecified atom stereocenters. The van der Waals surface area contributed by atoms with Gasteiger partial charge in [-0.15, -0.1) is 5.10 Å². The minimum atomic E-state index is -0.327. The molecule has 114 valence electrons. The van der Waals surface area contributed by atoms with Crippen molar-refractivity contribution < 1.29 is 9.13 Å². The van der Waals surface area contributed by atoms with Crippen molar-refractivity contribution in [3.05, 3.63) is 34.6 Å². The molecular formula is C14H17ClFN3OS. The topological polar surface area (TPSA) is 60.0 Å². The number of rotatable bonds is 7. The van der Waals surface area contributed by atoms with Crippen LogP contribution >= 0.6 is 23.4 Å². The molecular weight excluding hydrogens is 313 g/mol. The molecule has 4 nitrogen and oxygen atoms in total. The molecule has 0 aliphatic carbocycles. The van der Waals surface area contributed by atoms with E-state index in [9.17, 15) is 4.39 Å². The normalized spacial score (nSPS) is 14.8. The maximum atomic E-state index is 13.5. The van der Waals surface area contributed by atoms with E-state index in [-0.39, 0.29) is 12.4 Å². The van der Waals surface area contributed by atoms with E-state index in [2.05, 4.69) is 10.2 Å². The smallest absolute Gasteiger partial charge is 0.180 e. The first kappa shape index (κ1) is 16.3. The standard InChI is InChI=1S/C14H17ClFN3OS/c15-11-5-4-10(13(16)7-11)8-20-6-2-1-3-12-9-21-14(17)19-18-12/h4-5,7H,1-3,6,8-9H2,(H2,17,19). The van der Waals surface area contributed by atoms with Crippen LogP contribution in [-0.2, 0) is 11.3 Å². The summed E-state index contributed by atoms with van der Waals surface area (Å²) in [4.78, 5) is 0. The number of benzene rings is 1. The van der Waals surface area contributed by atoms with Gasteiger partial charge < -0.3 is 10.5 Å². The number of nitrogens with zero attached hydrogens (tertiary/aromatic N) is 2. The van der Waals surface area contributed by atoms with Gasteiger partial charge >= 0.3 is 0 Å². The Hall–Kier alpha value is -1.11. The summed E-state index contributed by atoms with van der Waals surface area (Å²) in [6.07, 6.45) is 2.76. The maximum Gasteiger partial charge on any atom is 0.180 e. The van der Waals surface area contributed by atoms with E-state index in [0.29, 0.717) is 22.4 Å². The van der Waals surface area contributed by atoms with Crippen molar-refractivity contribution in [2.45, 2.75) is 25.9 Å². The maximum absolute atomic E-state index is 13.5. The summed E-state index contributed by atoms with van der Waals surface area (Å²) in [5, 5.41) is 8.81. The second kappa shape index (κ2) is 8.36. The van der Waals surface area contributed by atoms with Crippen molar-refractivity contribution in [3.8, 4) is 0 Å². The summed E-state index contributed by atoms with van der Waals surface area (Å²) >= 11 is 7.20. The predicted molar refractivity (Wildman–Crippen MR) is 86.4 cm³/mol. The van der Waals surface area contributed by atoms with Crippen LogP contribution in [-0.4, -0.2) is 23.2 Å². The molecule has 0 atom stereocenters. The fraction of sp³-hybridized carbons (Fsp3) is 0.429. The second-order valence-electron chi connectivity index (χ2n) is 4.64. The van der Waals surface area contributed by atoms with Crippen LogP contribution in [0, 0.1) is 5.82 Å². The first-order chi connectivity index (χ1) is 10.1. The van der Waals surface area contributed by atoms with Crippen LogP contribution in [0.1, 0.15) is 24.8 Å². The van der Waals surface area contributed by atoms with Gasteiger partial charge in [0, 0.05) is 22.9 Å².